The summed E-state index contributed by atoms with van der Waals surface area (Å²) in [5.41, 5.74) is 0. The van der Waals surface area contributed by atoms with Crippen LogP contribution >= 0.6 is 15.9 Å². The third-order valence-electron chi connectivity index (χ3n) is 4.72. The molecule has 0 amide bonds. The molecule has 0 aromatic heterocycles. The van der Waals surface area contributed by atoms with Gasteiger partial charge in [-0.3, -0.25) is 0 Å². The Bertz CT molecular complexity index is 254. The van der Waals surface area contributed by atoms with Crippen LogP contribution < -0.4 is 0 Å². The van der Waals surface area contributed by atoms with Gasteiger partial charge in [0.15, 0.2) is 6.29 Å². The molecule has 1 unspecified atom stereocenters. The lowest BCUT2D eigenvalue weighted by Crippen LogP contribution is -2.20. The van der Waals surface area contributed by atoms with Crippen molar-refractivity contribution >= 4 is 25.7 Å². The third-order valence-corrected chi connectivity index (χ3v) is 6.27. The Morgan fingerprint density at radius 2 is 1.27 bits per heavy atom. The summed E-state index contributed by atoms with van der Waals surface area (Å²) < 4.78 is 12.2. The first-order chi connectivity index (χ1) is 12.8. The molecule has 0 aliphatic heterocycles. The summed E-state index contributed by atoms with van der Waals surface area (Å²) in [4.78, 5) is 0. The van der Waals surface area contributed by atoms with Crippen LogP contribution in [0, 0.1) is 0 Å². The first-order valence-electron chi connectivity index (χ1n) is 11.4. The molecule has 0 aliphatic rings. The summed E-state index contributed by atoms with van der Waals surface area (Å²) >= 11 is 3.51. The van der Waals surface area contributed by atoms with Crippen LogP contribution in [0.4, 0.5) is 0 Å². The van der Waals surface area contributed by atoms with Gasteiger partial charge in [0.25, 0.3) is 0 Å². The maximum atomic E-state index is 6.09. The van der Waals surface area contributed by atoms with Gasteiger partial charge in [-0.25, -0.2) is 0 Å². The lowest BCUT2D eigenvalue weighted by atomic mass is 10.1. The van der Waals surface area contributed by atoms with Gasteiger partial charge in [-0.15, -0.1) is 0 Å². The molecule has 1 atom stereocenters. The van der Waals surface area contributed by atoms with Crippen LogP contribution in [0.25, 0.3) is 0 Å². The number of unbranched alkanes of at least 4 members (excludes halogenated alkanes) is 12. The normalized spacial score (nSPS) is 12.4. The quantitative estimate of drug-likeness (QED) is 0.0720. The van der Waals surface area contributed by atoms with Gasteiger partial charge in [-0.2, -0.15) is 4.43 Å². The van der Waals surface area contributed by atoms with Gasteiger partial charge in [0.2, 0.25) is 0 Å². The van der Waals surface area contributed by atoms with Crippen molar-refractivity contribution < 1.29 is 9.16 Å². The topological polar surface area (TPSA) is 18.5 Å². The second-order valence-electron chi connectivity index (χ2n) is 7.39. The molecule has 0 fully saturated rings. The Kier molecular flexibility index (Phi) is 24.2. The largest absolute Gasteiger partial charge is 0.674 e. The SMILES string of the molecule is CCCCCCCCOC(CCCCCBr)O[Si+]CCCCCCCC. The van der Waals surface area contributed by atoms with Gasteiger partial charge in [-0.05, 0) is 25.7 Å². The highest BCUT2D eigenvalue weighted by Crippen LogP contribution is 2.13. The van der Waals surface area contributed by atoms with Crippen molar-refractivity contribution in [3.8, 4) is 0 Å². The molecule has 0 spiro atoms. The number of ether oxygens (including phenoxy) is 1. The number of hydrogen-bond donors (Lipinski definition) is 0. The molecule has 0 bridgehead atoms. The highest BCUT2D eigenvalue weighted by molar-refractivity contribution is 9.09. The maximum absolute atomic E-state index is 6.09. The molecule has 0 N–H and O–H groups in total. The minimum absolute atomic E-state index is 0.0411. The van der Waals surface area contributed by atoms with E-state index < -0.39 is 0 Å². The Balaban J connectivity index is 3.70. The predicted molar refractivity (Wildman–Crippen MR) is 120 cm³/mol. The van der Waals surface area contributed by atoms with Crippen LogP contribution in [0.2, 0.25) is 6.04 Å². The van der Waals surface area contributed by atoms with E-state index in [-0.39, 0.29) is 6.29 Å². The smallest absolute Gasteiger partial charge is 0.349 e. The lowest BCUT2D eigenvalue weighted by Gasteiger charge is -2.12. The average molecular weight is 450 g/mol. The molecule has 155 valence electrons. The first-order valence-corrected chi connectivity index (χ1v) is 13.6. The van der Waals surface area contributed by atoms with Crippen LogP contribution in [0.3, 0.4) is 0 Å². The minimum atomic E-state index is 0.0411. The van der Waals surface area contributed by atoms with Crippen molar-refractivity contribution in [3.63, 3.8) is 0 Å². The number of rotatable bonds is 22. The molecule has 0 rings (SSSR count). The van der Waals surface area contributed by atoms with E-state index in [1.54, 1.807) is 0 Å². The molecule has 0 aromatic rings. The Morgan fingerprint density at radius 1 is 0.692 bits per heavy atom. The van der Waals surface area contributed by atoms with Crippen LogP contribution in [0.5, 0.6) is 0 Å². The van der Waals surface area contributed by atoms with Crippen LogP contribution in [-0.2, 0) is 9.16 Å². The standard InChI is InChI=1S/C22H45BrO2Si/c1-3-5-7-9-11-16-20-24-22(18-14-13-15-19-23)25-26-21-17-12-10-8-6-4-2/h22H,3-21H2,1-2H3/q+1. The van der Waals surface area contributed by atoms with Gasteiger partial charge in [-0.1, -0.05) is 100 Å². The molecule has 0 saturated heterocycles. The fourth-order valence-corrected chi connectivity index (χ4v) is 4.27. The second kappa shape index (κ2) is 23.7. The van der Waals surface area contributed by atoms with E-state index in [9.17, 15) is 0 Å². The van der Waals surface area contributed by atoms with Crippen molar-refractivity contribution in [1.82, 2.24) is 0 Å². The van der Waals surface area contributed by atoms with Crippen LogP contribution in [-0.4, -0.2) is 28.0 Å². The average Bonchev–Trinajstić information content (AvgIpc) is 2.65. The van der Waals surface area contributed by atoms with Crippen molar-refractivity contribution in [2.75, 3.05) is 11.9 Å². The van der Waals surface area contributed by atoms with E-state index in [2.05, 4.69) is 29.8 Å². The van der Waals surface area contributed by atoms with Crippen molar-refractivity contribution in [2.24, 2.45) is 0 Å². The molecule has 0 aliphatic carbocycles. The molecule has 2 nitrogen and oxygen atoms in total. The summed E-state index contributed by atoms with van der Waals surface area (Å²) in [6.45, 7) is 5.42. The fourth-order valence-electron chi connectivity index (χ4n) is 2.99. The van der Waals surface area contributed by atoms with E-state index in [4.69, 9.17) is 9.16 Å². The fraction of sp³-hybridized carbons (Fsp3) is 1.00. The summed E-state index contributed by atoms with van der Waals surface area (Å²) in [6, 6.07) is 1.21. The molecular formula is C22H45BrO2Si+. The highest BCUT2D eigenvalue weighted by atomic mass is 79.9. The van der Waals surface area contributed by atoms with E-state index in [1.165, 1.54) is 102 Å². The maximum Gasteiger partial charge on any atom is 0.674 e. The minimum Gasteiger partial charge on any atom is -0.349 e. The van der Waals surface area contributed by atoms with Crippen molar-refractivity contribution in [3.05, 3.63) is 0 Å². The lowest BCUT2D eigenvalue weighted by molar-refractivity contribution is -0.0861. The molecule has 0 aromatic carbocycles. The van der Waals surface area contributed by atoms with Gasteiger partial charge in [0.05, 0.1) is 0 Å². The van der Waals surface area contributed by atoms with Gasteiger partial charge < -0.3 is 4.74 Å². The predicted octanol–water partition coefficient (Wildman–Crippen LogP) is 8.06. The zero-order valence-corrected chi connectivity index (χ0v) is 20.3. The molecular weight excluding hydrogens is 404 g/mol. The first kappa shape index (κ1) is 26.6. The van der Waals surface area contributed by atoms with Crippen LogP contribution in [0.1, 0.15) is 117 Å². The molecule has 0 heterocycles. The summed E-state index contributed by atoms with van der Waals surface area (Å²) in [5.74, 6) is 0. The summed E-state index contributed by atoms with van der Waals surface area (Å²) in [5, 5.41) is 1.11. The Labute approximate surface area is 175 Å². The molecule has 26 heavy (non-hydrogen) atoms. The Morgan fingerprint density at radius 3 is 1.92 bits per heavy atom. The van der Waals surface area contributed by atoms with Crippen molar-refractivity contribution in [1.29, 1.82) is 0 Å². The molecule has 4 heteroatoms. The molecule has 1 radical (unpaired) electrons. The van der Waals surface area contributed by atoms with Gasteiger partial charge in [0.1, 0.15) is 6.04 Å². The van der Waals surface area contributed by atoms with Crippen molar-refractivity contribution in [2.45, 2.75) is 129 Å². The van der Waals surface area contributed by atoms with Gasteiger partial charge in [0, 0.05) is 18.4 Å². The number of hydrogen-bond acceptors (Lipinski definition) is 2. The second-order valence-corrected chi connectivity index (χ2v) is 9.20. The molecule has 0 saturated carbocycles. The van der Waals surface area contributed by atoms with Gasteiger partial charge >= 0.3 is 9.76 Å². The number of halogens is 1. The highest BCUT2D eigenvalue weighted by Gasteiger charge is 2.21. The summed E-state index contributed by atoms with van der Waals surface area (Å²) in [6.07, 6.45) is 21.0. The number of alkyl halides is 1. The van der Waals surface area contributed by atoms with E-state index in [0.29, 0.717) is 9.76 Å². The zero-order chi connectivity index (χ0) is 19.1. The van der Waals surface area contributed by atoms with E-state index in [0.717, 1.165) is 18.4 Å². The van der Waals surface area contributed by atoms with E-state index >= 15 is 0 Å². The van der Waals surface area contributed by atoms with E-state index in [1.807, 2.05) is 0 Å². The Hall–Kier alpha value is 0.617. The monoisotopic (exact) mass is 448 g/mol. The third kappa shape index (κ3) is 20.9. The summed E-state index contributed by atoms with van der Waals surface area (Å²) in [7, 11) is 0.615. The zero-order valence-electron chi connectivity index (χ0n) is 17.7. The van der Waals surface area contributed by atoms with Crippen LogP contribution in [0.15, 0.2) is 0 Å².